The van der Waals surface area contributed by atoms with Gasteiger partial charge >= 0.3 is 0 Å². The molecule has 0 atom stereocenters. The fraction of sp³-hybridized carbons (Fsp3) is 0.917. The largest absolute Gasteiger partial charge is 0.376 e. The van der Waals surface area contributed by atoms with Crippen molar-refractivity contribution in [3.63, 3.8) is 0 Å². The zero-order valence-corrected chi connectivity index (χ0v) is 11.4. The lowest BCUT2D eigenvalue weighted by Gasteiger charge is -2.29. The van der Waals surface area contributed by atoms with Gasteiger partial charge in [-0.1, -0.05) is 0 Å². The smallest absolute Gasteiger partial charge is 0.222 e. The van der Waals surface area contributed by atoms with Gasteiger partial charge in [-0.05, 0) is 41.5 Å². The SMILES string of the molecule is CC(C)OCC(C)(C)NC(=O)CC(C)(C)N. The average molecular weight is 230 g/mol. The van der Waals surface area contributed by atoms with Gasteiger partial charge in [0.25, 0.3) is 0 Å². The van der Waals surface area contributed by atoms with E-state index in [1.54, 1.807) is 0 Å². The molecule has 0 spiro atoms. The Balaban J connectivity index is 4.10. The number of amides is 1. The summed E-state index contributed by atoms with van der Waals surface area (Å²) in [6.45, 7) is 12.0. The molecule has 1 amide bonds. The minimum absolute atomic E-state index is 0.0372. The van der Waals surface area contributed by atoms with Crippen LogP contribution >= 0.6 is 0 Å². The number of hydrogen-bond acceptors (Lipinski definition) is 3. The first kappa shape index (κ1) is 15.4. The Hall–Kier alpha value is -0.610. The van der Waals surface area contributed by atoms with E-state index in [-0.39, 0.29) is 17.6 Å². The van der Waals surface area contributed by atoms with Crippen LogP contribution in [0.5, 0.6) is 0 Å². The topological polar surface area (TPSA) is 64.3 Å². The summed E-state index contributed by atoms with van der Waals surface area (Å²) in [5.41, 5.74) is 4.96. The molecule has 16 heavy (non-hydrogen) atoms. The van der Waals surface area contributed by atoms with Gasteiger partial charge in [-0.3, -0.25) is 4.79 Å². The van der Waals surface area contributed by atoms with Crippen molar-refractivity contribution in [2.75, 3.05) is 6.61 Å². The molecule has 0 saturated carbocycles. The normalized spacial score (nSPS) is 13.0. The molecular formula is C12H26N2O2. The van der Waals surface area contributed by atoms with Crippen molar-refractivity contribution >= 4 is 5.91 Å². The molecule has 0 unspecified atom stereocenters. The standard InChI is InChI=1S/C12H26N2O2/c1-9(2)16-8-12(5,6)14-10(15)7-11(3,4)13/h9H,7-8,13H2,1-6H3,(H,14,15). The predicted octanol–water partition coefficient (Wildman–Crippen LogP) is 1.43. The fourth-order valence-corrected chi connectivity index (χ4v) is 1.25. The molecule has 0 rings (SSSR count). The van der Waals surface area contributed by atoms with Gasteiger partial charge in [0.05, 0.1) is 18.2 Å². The minimum atomic E-state index is -0.473. The molecular weight excluding hydrogens is 204 g/mol. The van der Waals surface area contributed by atoms with Crippen molar-refractivity contribution in [2.24, 2.45) is 5.73 Å². The van der Waals surface area contributed by atoms with E-state index < -0.39 is 5.54 Å². The Morgan fingerprint density at radius 1 is 1.31 bits per heavy atom. The molecule has 0 bridgehead atoms. The van der Waals surface area contributed by atoms with Crippen LogP contribution in [0.25, 0.3) is 0 Å². The molecule has 4 heteroatoms. The maximum atomic E-state index is 11.7. The van der Waals surface area contributed by atoms with E-state index >= 15 is 0 Å². The lowest BCUT2D eigenvalue weighted by atomic mass is 10.00. The van der Waals surface area contributed by atoms with Crippen LogP contribution in [0, 0.1) is 0 Å². The van der Waals surface area contributed by atoms with E-state index in [0.29, 0.717) is 13.0 Å². The van der Waals surface area contributed by atoms with E-state index in [9.17, 15) is 4.79 Å². The summed E-state index contributed by atoms with van der Waals surface area (Å²) in [5.74, 6) is -0.0372. The van der Waals surface area contributed by atoms with Gasteiger partial charge in [0, 0.05) is 12.0 Å². The van der Waals surface area contributed by atoms with Gasteiger partial charge in [-0.25, -0.2) is 0 Å². The fourth-order valence-electron chi connectivity index (χ4n) is 1.25. The Morgan fingerprint density at radius 2 is 1.81 bits per heavy atom. The number of nitrogens with one attached hydrogen (secondary N) is 1. The van der Waals surface area contributed by atoms with Gasteiger partial charge in [0.1, 0.15) is 0 Å². The first-order valence-corrected chi connectivity index (χ1v) is 5.73. The molecule has 0 radical (unpaired) electrons. The van der Waals surface area contributed by atoms with Gasteiger partial charge in [-0.2, -0.15) is 0 Å². The first-order chi connectivity index (χ1) is 7.02. The molecule has 0 aliphatic rings. The van der Waals surface area contributed by atoms with Crippen molar-refractivity contribution < 1.29 is 9.53 Å². The molecule has 0 heterocycles. The number of carbonyl (C=O) groups excluding carboxylic acids is 1. The van der Waals surface area contributed by atoms with Crippen molar-refractivity contribution in [3.05, 3.63) is 0 Å². The highest BCUT2D eigenvalue weighted by Crippen LogP contribution is 2.08. The Morgan fingerprint density at radius 3 is 2.19 bits per heavy atom. The summed E-state index contributed by atoms with van der Waals surface area (Å²) in [6.07, 6.45) is 0.486. The van der Waals surface area contributed by atoms with E-state index in [0.717, 1.165) is 0 Å². The maximum absolute atomic E-state index is 11.7. The van der Waals surface area contributed by atoms with Crippen LogP contribution in [0.1, 0.15) is 48.0 Å². The molecule has 96 valence electrons. The Kier molecular flexibility index (Phi) is 5.42. The third-order valence-electron chi connectivity index (χ3n) is 1.87. The highest BCUT2D eigenvalue weighted by Gasteiger charge is 2.24. The van der Waals surface area contributed by atoms with E-state index in [1.807, 2.05) is 41.5 Å². The van der Waals surface area contributed by atoms with Crippen molar-refractivity contribution in [2.45, 2.75) is 65.1 Å². The number of hydrogen-bond donors (Lipinski definition) is 2. The van der Waals surface area contributed by atoms with Gasteiger partial charge in [0.2, 0.25) is 5.91 Å². The number of ether oxygens (including phenoxy) is 1. The van der Waals surface area contributed by atoms with Crippen LogP contribution in [0.4, 0.5) is 0 Å². The lowest BCUT2D eigenvalue weighted by Crippen LogP contribution is -2.50. The molecule has 0 saturated heterocycles. The van der Waals surface area contributed by atoms with Crippen LogP contribution < -0.4 is 11.1 Å². The lowest BCUT2D eigenvalue weighted by molar-refractivity contribution is -0.124. The third-order valence-corrected chi connectivity index (χ3v) is 1.87. The van der Waals surface area contributed by atoms with E-state index in [4.69, 9.17) is 10.5 Å². The zero-order valence-electron chi connectivity index (χ0n) is 11.4. The summed E-state index contributed by atoms with van der Waals surface area (Å²) < 4.78 is 5.49. The summed E-state index contributed by atoms with van der Waals surface area (Å²) in [4.78, 5) is 11.7. The van der Waals surface area contributed by atoms with Crippen LogP contribution in [-0.2, 0) is 9.53 Å². The van der Waals surface area contributed by atoms with Crippen LogP contribution in [0.3, 0.4) is 0 Å². The predicted molar refractivity (Wildman–Crippen MR) is 66.2 cm³/mol. The van der Waals surface area contributed by atoms with E-state index in [2.05, 4.69) is 5.32 Å². The average Bonchev–Trinajstić information content (AvgIpc) is 1.95. The molecule has 0 fully saturated rings. The van der Waals surface area contributed by atoms with Crippen LogP contribution in [0.2, 0.25) is 0 Å². The minimum Gasteiger partial charge on any atom is -0.376 e. The summed E-state index contributed by atoms with van der Waals surface area (Å²) in [7, 11) is 0. The Labute approximate surface area is 98.9 Å². The highest BCUT2D eigenvalue weighted by atomic mass is 16.5. The van der Waals surface area contributed by atoms with Crippen molar-refractivity contribution in [3.8, 4) is 0 Å². The zero-order chi connectivity index (χ0) is 13.0. The summed E-state index contributed by atoms with van der Waals surface area (Å²) in [5, 5.41) is 2.92. The quantitative estimate of drug-likeness (QED) is 0.725. The molecule has 0 aromatic carbocycles. The van der Waals surface area contributed by atoms with Gasteiger partial charge < -0.3 is 15.8 Å². The third kappa shape index (κ3) is 8.68. The van der Waals surface area contributed by atoms with Crippen molar-refractivity contribution in [1.29, 1.82) is 0 Å². The van der Waals surface area contributed by atoms with Gasteiger partial charge in [0.15, 0.2) is 0 Å². The Bertz CT molecular complexity index is 230. The maximum Gasteiger partial charge on any atom is 0.222 e. The second-order valence-corrected chi connectivity index (χ2v) is 5.96. The summed E-state index contributed by atoms with van der Waals surface area (Å²) in [6, 6.07) is 0. The summed E-state index contributed by atoms with van der Waals surface area (Å²) >= 11 is 0. The number of carbonyl (C=O) groups is 1. The molecule has 0 aromatic rings. The molecule has 0 aliphatic heterocycles. The molecule has 0 aromatic heterocycles. The molecule has 4 nitrogen and oxygen atoms in total. The number of nitrogens with two attached hydrogens (primary N) is 1. The van der Waals surface area contributed by atoms with Gasteiger partial charge in [-0.15, -0.1) is 0 Å². The van der Waals surface area contributed by atoms with Crippen molar-refractivity contribution in [1.82, 2.24) is 5.32 Å². The number of rotatable bonds is 6. The highest BCUT2D eigenvalue weighted by molar-refractivity contribution is 5.77. The van der Waals surface area contributed by atoms with Crippen LogP contribution in [-0.4, -0.2) is 29.7 Å². The monoisotopic (exact) mass is 230 g/mol. The first-order valence-electron chi connectivity index (χ1n) is 5.73. The molecule has 3 N–H and O–H groups in total. The van der Waals surface area contributed by atoms with Crippen LogP contribution in [0.15, 0.2) is 0 Å². The van der Waals surface area contributed by atoms with E-state index in [1.165, 1.54) is 0 Å². The second kappa shape index (κ2) is 5.64. The second-order valence-electron chi connectivity index (χ2n) is 5.96. The molecule has 0 aliphatic carbocycles.